The molecule has 0 spiro atoms. The molecule has 1 aromatic heterocycles. The summed E-state index contributed by atoms with van der Waals surface area (Å²) in [6.45, 7) is 5.17. The van der Waals surface area contributed by atoms with E-state index in [1.54, 1.807) is 6.20 Å². The molecule has 0 saturated carbocycles. The smallest absolute Gasteiger partial charge is 0.178 e. The summed E-state index contributed by atoms with van der Waals surface area (Å²) in [6, 6.07) is 6.24. The quantitative estimate of drug-likeness (QED) is 0.719. The van der Waals surface area contributed by atoms with Crippen molar-refractivity contribution in [3.63, 3.8) is 0 Å². The Hall–Kier alpha value is -1.74. The van der Waals surface area contributed by atoms with Crippen LogP contribution in [0.3, 0.4) is 0 Å². The number of fused-ring (bicyclic) bond motifs is 1. The van der Waals surface area contributed by atoms with Gasteiger partial charge in [-0.05, 0) is 23.8 Å². The number of nitriles is 1. The van der Waals surface area contributed by atoms with E-state index >= 15 is 0 Å². The zero-order valence-electron chi connectivity index (χ0n) is 12.7. The van der Waals surface area contributed by atoms with Crippen LogP contribution in [0.2, 0.25) is 0 Å². The molecule has 5 heteroatoms. The molecule has 22 heavy (non-hydrogen) atoms. The molecule has 1 fully saturated rings. The summed E-state index contributed by atoms with van der Waals surface area (Å²) < 4.78 is 11.3. The number of rotatable bonds is 5. The second-order valence-corrected chi connectivity index (χ2v) is 5.69. The minimum atomic E-state index is -0.869. The van der Waals surface area contributed by atoms with Gasteiger partial charge in [-0.15, -0.1) is 0 Å². The van der Waals surface area contributed by atoms with E-state index in [4.69, 9.17) is 9.47 Å². The Kier molecular flexibility index (Phi) is 4.84. The molecule has 2 aliphatic rings. The van der Waals surface area contributed by atoms with Crippen LogP contribution in [0.5, 0.6) is 0 Å². The maximum Gasteiger partial charge on any atom is 0.178 e. The Labute approximate surface area is 130 Å². The molecular formula is C17H21N3O2. The van der Waals surface area contributed by atoms with Crippen molar-refractivity contribution in [3.8, 4) is 6.07 Å². The summed E-state index contributed by atoms with van der Waals surface area (Å²) in [5.41, 5.74) is -0.869. The highest BCUT2D eigenvalue weighted by molar-refractivity contribution is 5.50. The highest BCUT2D eigenvalue weighted by atomic mass is 16.5. The van der Waals surface area contributed by atoms with Crippen LogP contribution in [0.15, 0.2) is 18.3 Å². The first-order valence-corrected chi connectivity index (χ1v) is 7.81. The van der Waals surface area contributed by atoms with E-state index in [0.717, 1.165) is 49.8 Å². The molecule has 1 unspecified atom stereocenters. The predicted molar refractivity (Wildman–Crippen MR) is 83.2 cm³/mol. The van der Waals surface area contributed by atoms with Crippen LogP contribution in [0.25, 0.3) is 12.2 Å². The topological polar surface area (TPSA) is 58.4 Å². The van der Waals surface area contributed by atoms with Gasteiger partial charge >= 0.3 is 0 Å². The van der Waals surface area contributed by atoms with Gasteiger partial charge in [0.15, 0.2) is 5.60 Å². The third-order valence-corrected chi connectivity index (χ3v) is 4.14. The number of morpholine rings is 1. The van der Waals surface area contributed by atoms with E-state index < -0.39 is 5.60 Å². The molecule has 0 N–H and O–H groups in total. The molecule has 116 valence electrons. The number of hydrogen-bond acceptors (Lipinski definition) is 5. The second kappa shape index (κ2) is 7.01. The highest BCUT2D eigenvalue weighted by Crippen LogP contribution is 2.20. The third-order valence-electron chi connectivity index (χ3n) is 4.14. The monoisotopic (exact) mass is 299 g/mol. The van der Waals surface area contributed by atoms with Crippen LogP contribution in [0.1, 0.15) is 12.8 Å². The largest absolute Gasteiger partial charge is 0.379 e. The fourth-order valence-electron chi connectivity index (χ4n) is 2.84. The number of ether oxygens (including phenoxy) is 2. The van der Waals surface area contributed by atoms with Gasteiger partial charge in [-0.3, -0.25) is 9.88 Å². The van der Waals surface area contributed by atoms with Crippen LogP contribution in [-0.4, -0.2) is 54.9 Å². The van der Waals surface area contributed by atoms with Gasteiger partial charge in [0.05, 0.1) is 25.2 Å². The van der Waals surface area contributed by atoms with E-state index in [1.165, 1.54) is 0 Å². The lowest BCUT2D eigenvalue weighted by molar-refractivity contribution is 0.0186. The average molecular weight is 299 g/mol. The van der Waals surface area contributed by atoms with Gasteiger partial charge in [0.2, 0.25) is 0 Å². The maximum absolute atomic E-state index is 9.53. The first-order chi connectivity index (χ1) is 10.8. The van der Waals surface area contributed by atoms with Crippen molar-refractivity contribution in [1.82, 2.24) is 9.88 Å². The molecule has 1 aliphatic carbocycles. The van der Waals surface area contributed by atoms with E-state index in [2.05, 4.69) is 16.0 Å². The number of hydrogen-bond donors (Lipinski definition) is 0. The van der Waals surface area contributed by atoms with Crippen molar-refractivity contribution >= 4 is 12.2 Å². The van der Waals surface area contributed by atoms with Crippen LogP contribution in [-0.2, 0) is 9.47 Å². The summed E-state index contributed by atoms with van der Waals surface area (Å²) in [5.74, 6) is 0. The Balaban J connectivity index is 1.56. The summed E-state index contributed by atoms with van der Waals surface area (Å²) in [7, 11) is 0. The van der Waals surface area contributed by atoms with Crippen molar-refractivity contribution in [3.05, 3.63) is 28.9 Å². The fourth-order valence-corrected chi connectivity index (χ4v) is 2.84. The predicted octanol–water partition coefficient (Wildman–Crippen LogP) is 0.0476. The van der Waals surface area contributed by atoms with Crippen LogP contribution in [0.4, 0.5) is 0 Å². The number of aromatic nitrogens is 1. The van der Waals surface area contributed by atoms with Gasteiger partial charge in [-0.1, -0.05) is 12.1 Å². The minimum Gasteiger partial charge on any atom is -0.379 e. The lowest BCUT2D eigenvalue weighted by atomic mass is 9.95. The first-order valence-electron chi connectivity index (χ1n) is 7.81. The molecule has 3 rings (SSSR count). The SMILES string of the molecule is N#CC1(OCCCN2CCOCC2)C=c2ncccc2=CC1. The van der Waals surface area contributed by atoms with Crippen molar-refractivity contribution in [2.45, 2.75) is 18.4 Å². The average Bonchev–Trinajstić information content (AvgIpc) is 2.59. The molecule has 0 bridgehead atoms. The molecule has 1 saturated heterocycles. The third kappa shape index (κ3) is 3.53. The molecule has 1 atom stereocenters. The Morgan fingerprint density at radius 3 is 3.09 bits per heavy atom. The van der Waals surface area contributed by atoms with Gasteiger partial charge in [0.25, 0.3) is 0 Å². The van der Waals surface area contributed by atoms with Crippen molar-refractivity contribution in [2.75, 3.05) is 39.5 Å². The van der Waals surface area contributed by atoms with E-state index in [-0.39, 0.29) is 0 Å². The van der Waals surface area contributed by atoms with Crippen molar-refractivity contribution in [1.29, 1.82) is 5.26 Å². The normalized spacial score (nSPS) is 24.7. The van der Waals surface area contributed by atoms with Crippen molar-refractivity contribution in [2.24, 2.45) is 0 Å². The van der Waals surface area contributed by atoms with Gasteiger partial charge in [0.1, 0.15) is 6.07 Å². The Morgan fingerprint density at radius 2 is 2.27 bits per heavy atom. The van der Waals surface area contributed by atoms with Gasteiger partial charge in [-0.25, -0.2) is 0 Å². The molecular weight excluding hydrogens is 278 g/mol. The zero-order valence-corrected chi connectivity index (χ0v) is 12.7. The van der Waals surface area contributed by atoms with E-state index in [9.17, 15) is 5.26 Å². The maximum atomic E-state index is 9.53. The van der Waals surface area contributed by atoms with Gasteiger partial charge < -0.3 is 9.47 Å². The fraction of sp³-hybridized carbons (Fsp3) is 0.529. The molecule has 1 aliphatic heterocycles. The van der Waals surface area contributed by atoms with E-state index in [1.807, 2.05) is 24.3 Å². The second-order valence-electron chi connectivity index (χ2n) is 5.69. The van der Waals surface area contributed by atoms with Crippen molar-refractivity contribution < 1.29 is 9.47 Å². The summed E-state index contributed by atoms with van der Waals surface area (Å²) in [4.78, 5) is 6.70. The highest BCUT2D eigenvalue weighted by Gasteiger charge is 2.29. The molecule has 0 radical (unpaired) electrons. The van der Waals surface area contributed by atoms with Crippen LogP contribution >= 0.6 is 0 Å². The van der Waals surface area contributed by atoms with Crippen LogP contribution < -0.4 is 10.6 Å². The summed E-state index contributed by atoms with van der Waals surface area (Å²) in [6.07, 6.45) is 7.14. The van der Waals surface area contributed by atoms with Gasteiger partial charge in [-0.2, -0.15) is 5.26 Å². The molecule has 1 aromatic rings. The summed E-state index contributed by atoms with van der Waals surface area (Å²) in [5, 5.41) is 11.4. The number of nitrogens with zero attached hydrogens (tertiary/aromatic N) is 3. The molecule has 5 nitrogen and oxygen atoms in total. The molecule has 2 heterocycles. The molecule has 0 amide bonds. The first kappa shape index (κ1) is 15.2. The lowest BCUT2D eigenvalue weighted by Gasteiger charge is -2.28. The standard InChI is InChI=1S/C17H21N3O2/c18-14-17(5-4-15-3-1-6-19-16(15)13-17)22-10-2-7-20-8-11-21-12-9-20/h1,3-4,6,13H,2,5,7-12H2. The summed E-state index contributed by atoms with van der Waals surface area (Å²) >= 11 is 0. The zero-order chi connectivity index (χ0) is 15.3. The Morgan fingerprint density at radius 1 is 1.41 bits per heavy atom. The Bertz CT molecular complexity index is 661. The van der Waals surface area contributed by atoms with Crippen LogP contribution in [0, 0.1) is 11.3 Å². The van der Waals surface area contributed by atoms with E-state index in [0.29, 0.717) is 13.0 Å². The lowest BCUT2D eigenvalue weighted by Crippen LogP contribution is -2.41. The minimum absolute atomic E-state index is 0.581. The number of pyridine rings is 1. The van der Waals surface area contributed by atoms with Gasteiger partial charge in [0, 0.05) is 32.3 Å². The molecule has 0 aromatic carbocycles.